The maximum atomic E-state index is 12.5. The zero-order chi connectivity index (χ0) is 20.8. The van der Waals surface area contributed by atoms with Gasteiger partial charge in [-0.1, -0.05) is 0 Å². The van der Waals surface area contributed by atoms with Gasteiger partial charge in [0.2, 0.25) is 0 Å². The first-order valence-electron chi connectivity index (χ1n) is 8.23. The quantitative estimate of drug-likeness (QED) is 0.631. The summed E-state index contributed by atoms with van der Waals surface area (Å²) in [7, 11) is 1.19. The van der Waals surface area contributed by atoms with Crippen molar-refractivity contribution in [2.75, 3.05) is 19.0 Å². The molecule has 0 aliphatic carbocycles. The molecule has 150 valence electrons. The molecule has 11 heteroatoms. The van der Waals surface area contributed by atoms with Crippen LogP contribution in [0.5, 0.6) is 0 Å². The Morgan fingerprint density at radius 3 is 2.61 bits per heavy atom. The van der Waals surface area contributed by atoms with E-state index in [1.807, 2.05) is 0 Å². The molecule has 0 aliphatic rings. The Hall–Kier alpha value is -3.21. The minimum atomic E-state index is -0.982. The summed E-state index contributed by atoms with van der Waals surface area (Å²) in [6, 6.07) is 1.42. The number of amides is 1. The molecule has 10 nitrogen and oxygen atoms in total. The van der Waals surface area contributed by atoms with Crippen LogP contribution in [-0.2, 0) is 20.8 Å². The molecule has 0 saturated heterocycles. The monoisotopic (exact) mass is 409 g/mol. The highest BCUT2D eigenvalue weighted by molar-refractivity contribution is 7.18. The highest BCUT2D eigenvalue weighted by Gasteiger charge is 2.27. The number of thiophene rings is 1. The number of carboxylic acid groups (broad SMARTS) is 1. The average Bonchev–Trinajstić information content (AvgIpc) is 3.24. The van der Waals surface area contributed by atoms with Crippen LogP contribution in [0.25, 0.3) is 0 Å². The van der Waals surface area contributed by atoms with E-state index in [9.17, 15) is 19.2 Å². The minimum Gasteiger partial charge on any atom is -0.481 e. The van der Waals surface area contributed by atoms with Crippen molar-refractivity contribution in [2.45, 2.75) is 26.8 Å². The molecule has 0 atom stereocenters. The molecule has 28 heavy (non-hydrogen) atoms. The Kier molecular flexibility index (Phi) is 6.88. The summed E-state index contributed by atoms with van der Waals surface area (Å²) >= 11 is 0.902. The molecule has 0 fully saturated rings. The number of carbonyl (C=O) groups excluding carboxylic acids is 3. The summed E-state index contributed by atoms with van der Waals surface area (Å²) in [5.41, 5.74) is 0.441. The lowest BCUT2D eigenvalue weighted by molar-refractivity contribution is -0.137. The standard InChI is InChI=1S/C17H19N3O7S/c1-4-27-17(25)13-9(2)12(16(24)26-3)15(28-13)18-14(23)10-5-7-20(19-10)8-6-11(21)22/h5,7H,4,6,8H2,1-3H3,(H,18,23)(H,21,22). The lowest BCUT2D eigenvalue weighted by atomic mass is 10.1. The van der Waals surface area contributed by atoms with Crippen LogP contribution in [0.3, 0.4) is 0 Å². The maximum Gasteiger partial charge on any atom is 0.348 e. The molecule has 0 radical (unpaired) electrons. The first-order chi connectivity index (χ1) is 13.3. The van der Waals surface area contributed by atoms with Crippen LogP contribution in [0.1, 0.15) is 49.4 Å². The van der Waals surface area contributed by atoms with Crippen molar-refractivity contribution in [1.29, 1.82) is 0 Å². The number of carboxylic acids is 1. The van der Waals surface area contributed by atoms with Gasteiger partial charge in [0.1, 0.15) is 9.88 Å². The number of anilines is 1. The lowest BCUT2D eigenvalue weighted by Crippen LogP contribution is -2.15. The fraction of sp³-hybridized carbons (Fsp3) is 0.353. The van der Waals surface area contributed by atoms with Gasteiger partial charge in [0, 0.05) is 6.20 Å². The molecule has 0 bridgehead atoms. The van der Waals surface area contributed by atoms with Crippen LogP contribution < -0.4 is 5.32 Å². The van der Waals surface area contributed by atoms with Gasteiger partial charge in [0.15, 0.2) is 5.69 Å². The second-order valence-corrected chi connectivity index (χ2v) is 6.55. The Bertz CT molecular complexity index is 916. The fourth-order valence-electron chi connectivity index (χ4n) is 2.33. The molecule has 2 heterocycles. The number of aryl methyl sites for hydroxylation is 1. The third-order valence-electron chi connectivity index (χ3n) is 3.65. The van der Waals surface area contributed by atoms with Crippen LogP contribution in [-0.4, -0.2) is 52.4 Å². The topological polar surface area (TPSA) is 137 Å². The van der Waals surface area contributed by atoms with Crippen molar-refractivity contribution < 1.29 is 33.8 Å². The third-order valence-corrected chi connectivity index (χ3v) is 4.84. The molecule has 2 rings (SSSR count). The van der Waals surface area contributed by atoms with Crippen LogP contribution in [0, 0.1) is 6.92 Å². The van der Waals surface area contributed by atoms with E-state index in [2.05, 4.69) is 10.4 Å². The summed E-state index contributed by atoms with van der Waals surface area (Å²) in [5.74, 6) is -2.90. The van der Waals surface area contributed by atoms with Crippen molar-refractivity contribution >= 4 is 40.2 Å². The number of methoxy groups -OCH3 is 1. The van der Waals surface area contributed by atoms with E-state index in [1.165, 1.54) is 24.1 Å². The van der Waals surface area contributed by atoms with Gasteiger partial charge in [-0.25, -0.2) is 9.59 Å². The number of nitrogens with zero attached hydrogens (tertiary/aromatic N) is 2. The van der Waals surface area contributed by atoms with Gasteiger partial charge in [0.05, 0.1) is 32.2 Å². The molecule has 0 aromatic carbocycles. The Morgan fingerprint density at radius 2 is 2.00 bits per heavy atom. The Balaban J connectivity index is 2.27. The lowest BCUT2D eigenvalue weighted by Gasteiger charge is -2.04. The van der Waals surface area contributed by atoms with Gasteiger partial charge in [-0.05, 0) is 25.5 Å². The van der Waals surface area contributed by atoms with Crippen molar-refractivity contribution in [3.05, 3.63) is 34.0 Å². The van der Waals surface area contributed by atoms with Gasteiger partial charge < -0.3 is 19.9 Å². The summed E-state index contributed by atoms with van der Waals surface area (Å²) < 4.78 is 11.0. The van der Waals surface area contributed by atoms with Gasteiger partial charge in [-0.2, -0.15) is 5.10 Å². The van der Waals surface area contributed by atoms with Crippen molar-refractivity contribution in [3.63, 3.8) is 0 Å². The van der Waals surface area contributed by atoms with Gasteiger partial charge in [0.25, 0.3) is 5.91 Å². The van der Waals surface area contributed by atoms with E-state index in [0.717, 1.165) is 11.3 Å². The van der Waals surface area contributed by atoms with Crippen molar-refractivity contribution in [2.24, 2.45) is 0 Å². The van der Waals surface area contributed by atoms with Crippen LogP contribution in [0.4, 0.5) is 5.00 Å². The summed E-state index contributed by atoms with van der Waals surface area (Å²) in [6.45, 7) is 3.50. The molecule has 1 amide bonds. The number of rotatable bonds is 8. The number of hydrogen-bond acceptors (Lipinski definition) is 8. The highest BCUT2D eigenvalue weighted by atomic mass is 32.1. The smallest absolute Gasteiger partial charge is 0.348 e. The number of hydrogen-bond donors (Lipinski definition) is 2. The molecule has 0 unspecified atom stereocenters. The Labute approximate surface area is 164 Å². The van der Waals surface area contributed by atoms with E-state index in [1.54, 1.807) is 13.8 Å². The normalized spacial score (nSPS) is 10.4. The van der Waals surface area contributed by atoms with E-state index in [-0.39, 0.29) is 40.7 Å². The molecular weight excluding hydrogens is 390 g/mol. The average molecular weight is 409 g/mol. The van der Waals surface area contributed by atoms with Crippen LogP contribution in [0.2, 0.25) is 0 Å². The SMILES string of the molecule is CCOC(=O)c1sc(NC(=O)c2ccn(CCC(=O)O)n2)c(C(=O)OC)c1C. The number of esters is 2. The second-order valence-electron chi connectivity index (χ2n) is 5.53. The van der Waals surface area contributed by atoms with E-state index in [0.29, 0.717) is 5.56 Å². The van der Waals surface area contributed by atoms with E-state index in [4.69, 9.17) is 14.6 Å². The van der Waals surface area contributed by atoms with Gasteiger partial charge in [-0.3, -0.25) is 14.3 Å². The number of aliphatic carboxylic acids is 1. The van der Waals surface area contributed by atoms with Crippen molar-refractivity contribution in [3.8, 4) is 0 Å². The first kappa shape index (κ1) is 21.1. The summed E-state index contributed by atoms with van der Waals surface area (Å²) in [4.78, 5) is 47.5. The Morgan fingerprint density at radius 1 is 1.29 bits per heavy atom. The zero-order valence-corrected chi connectivity index (χ0v) is 16.3. The molecule has 0 spiro atoms. The van der Waals surface area contributed by atoms with Crippen molar-refractivity contribution in [1.82, 2.24) is 9.78 Å². The third kappa shape index (κ3) is 4.74. The van der Waals surface area contributed by atoms with Gasteiger partial charge >= 0.3 is 17.9 Å². The number of nitrogens with one attached hydrogen (secondary N) is 1. The number of ether oxygens (including phenoxy) is 2. The molecule has 2 aromatic heterocycles. The number of carbonyl (C=O) groups is 4. The molecule has 2 N–H and O–H groups in total. The van der Waals surface area contributed by atoms with Gasteiger partial charge in [-0.15, -0.1) is 11.3 Å². The second kappa shape index (κ2) is 9.13. The molecular formula is C17H19N3O7S. The largest absolute Gasteiger partial charge is 0.481 e. The number of aromatic nitrogens is 2. The maximum absolute atomic E-state index is 12.5. The van der Waals surface area contributed by atoms with E-state index >= 15 is 0 Å². The minimum absolute atomic E-state index is 0.0324. The predicted octanol–water partition coefficient (Wildman–Crippen LogP) is 1.94. The zero-order valence-electron chi connectivity index (χ0n) is 15.5. The summed E-state index contributed by atoms with van der Waals surface area (Å²) in [5, 5.41) is 15.4. The summed E-state index contributed by atoms with van der Waals surface area (Å²) in [6.07, 6.45) is 1.34. The predicted molar refractivity (Wildman–Crippen MR) is 98.8 cm³/mol. The highest BCUT2D eigenvalue weighted by Crippen LogP contribution is 2.34. The van der Waals surface area contributed by atoms with E-state index < -0.39 is 23.8 Å². The fourth-order valence-corrected chi connectivity index (χ4v) is 3.41. The van der Waals surface area contributed by atoms with Crippen LogP contribution in [0.15, 0.2) is 12.3 Å². The first-order valence-corrected chi connectivity index (χ1v) is 9.05. The molecule has 0 saturated carbocycles. The van der Waals surface area contributed by atoms with Crippen LogP contribution >= 0.6 is 11.3 Å². The molecule has 0 aliphatic heterocycles. The molecule has 2 aromatic rings.